The Balaban J connectivity index is 1.01. The summed E-state index contributed by atoms with van der Waals surface area (Å²) in [6.45, 7) is 0. The molecule has 12 aromatic carbocycles. The monoisotopic (exact) mass is 937 g/mol. The normalized spacial score (nSPS) is 13.9. The number of hydrogen-bond donors (Lipinski definition) is 0. The number of benzene rings is 12. The fraction of sp³-hybridized carbons (Fsp3) is 0. The van der Waals surface area contributed by atoms with Crippen LogP contribution in [0.5, 0.6) is 0 Å². The van der Waals surface area contributed by atoms with Crippen molar-refractivity contribution in [2.75, 3.05) is 14.7 Å². The van der Waals surface area contributed by atoms with Crippen molar-refractivity contribution in [3.05, 3.63) is 243 Å². The van der Waals surface area contributed by atoms with Gasteiger partial charge in [0.2, 0.25) is 0 Å². The van der Waals surface area contributed by atoms with Gasteiger partial charge in [-0.25, -0.2) is 0 Å². The first-order valence-electron chi connectivity index (χ1n) is 24.5. The molecule has 0 fully saturated rings. The average molecular weight is 938 g/mol. The Kier molecular flexibility index (Phi) is 8.10. The molecule has 0 spiro atoms. The molecule has 0 amide bonds. The van der Waals surface area contributed by atoms with Gasteiger partial charge in [0, 0.05) is 27.8 Å². The highest BCUT2D eigenvalue weighted by atomic mass is 31.2. The van der Waals surface area contributed by atoms with Crippen molar-refractivity contribution in [2.24, 2.45) is 0 Å². The van der Waals surface area contributed by atoms with Crippen LogP contribution in [0.15, 0.2) is 247 Å². The second kappa shape index (κ2) is 14.7. The van der Waals surface area contributed by atoms with Crippen LogP contribution < -0.4 is 30.6 Å². The molecule has 3 aliphatic rings. The highest BCUT2D eigenvalue weighted by molar-refractivity contribution is 7.87. The second-order valence-electron chi connectivity index (χ2n) is 19.1. The summed E-state index contributed by atoms with van der Waals surface area (Å²) in [6, 6.07) is 86.6. The van der Waals surface area contributed by atoms with Crippen LogP contribution in [0.4, 0.5) is 51.2 Å². The summed E-state index contributed by atoms with van der Waals surface area (Å²) >= 11 is 0. The minimum absolute atomic E-state index is 0.852. The number of fused-ring (bicyclic) bond motifs is 6. The lowest BCUT2D eigenvalue weighted by atomic mass is 9.85. The van der Waals surface area contributed by atoms with Crippen LogP contribution in [0.2, 0.25) is 0 Å². The Morgan fingerprint density at radius 3 is 1.17 bits per heavy atom. The van der Waals surface area contributed by atoms with Gasteiger partial charge in [-0.2, -0.15) is 0 Å². The highest BCUT2D eigenvalue weighted by Gasteiger charge is 2.54. The SMILES string of the molecule is O=P12c3c4cccc3N(c3ccccc3)c3cc(-c5c6ccccc6c(-c6ccc7oc8cc9ccccc9cc8c7c6)c6ccccc56)cc(c31)N(c1ccccc1)c1cccc(c12)N4c1ccccc1. The molecule has 3 aliphatic heterocycles. The van der Waals surface area contributed by atoms with Crippen LogP contribution in [0.3, 0.4) is 0 Å². The van der Waals surface area contributed by atoms with E-state index in [4.69, 9.17) is 4.42 Å². The van der Waals surface area contributed by atoms with E-state index in [2.05, 4.69) is 257 Å². The molecule has 5 nitrogen and oxygen atoms in total. The minimum Gasteiger partial charge on any atom is -0.456 e. The zero-order valence-electron chi connectivity index (χ0n) is 38.7. The van der Waals surface area contributed by atoms with Crippen molar-refractivity contribution >= 4 is 128 Å². The van der Waals surface area contributed by atoms with Gasteiger partial charge in [-0.1, -0.05) is 146 Å². The Morgan fingerprint density at radius 1 is 0.292 bits per heavy atom. The smallest absolute Gasteiger partial charge is 0.183 e. The molecule has 0 aliphatic carbocycles. The van der Waals surface area contributed by atoms with Gasteiger partial charge in [-0.3, -0.25) is 0 Å². The third kappa shape index (κ3) is 5.30. The van der Waals surface area contributed by atoms with Crippen molar-refractivity contribution in [1.82, 2.24) is 0 Å². The zero-order valence-corrected chi connectivity index (χ0v) is 39.6. The maximum absolute atomic E-state index is 17.5. The molecule has 0 N–H and O–H groups in total. The molecule has 0 unspecified atom stereocenters. The standard InChI is InChI=1S/C66H40N3O2P/c70-72-64-54-30-16-32-56(64)68(46-22-6-2-7-23-46)58-38-44(39-59(66(58)72)69(47-24-8-3-9-25-47)57-33-17-31-55(65(57)72)67(54)45-20-4-1-5-21-45)63-50-28-14-12-26-48(50)62(49-27-13-15-29-51(49)63)43-34-35-60-52(37-43)53-36-41-18-10-11-19-42(41)40-61(53)71-60/h1-40H. The number of anilines is 9. The van der Waals surface area contributed by atoms with Crippen molar-refractivity contribution in [2.45, 2.75) is 0 Å². The lowest BCUT2D eigenvalue weighted by Gasteiger charge is -2.49. The number of para-hydroxylation sites is 3. The van der Waals surface area contributed by atoms with Crippen molar-refractivity contribution in [1.29, 1.82) is 0 Å². The number of furan rings is 1. The lowest BCUT2D eigenvalue weighted by Crippen LogP contribution is -2.47. The topological polar surface area (TPSA) is 39.9 Å². The minimum atomic E-state index is -3.59. The third-order valence-corrected chi connectivity index (χ3v) is 18.6. The van der Waals surface area contributed by atoms with Gasteiger partial charge in [-0.15, -0.1) is 0 Å². The van der Waals surface area contributed by atoms with Crippen LogP contribution in [-0.2, 0) is 4.57 Å². The van der Waals surface area contributed by atoms with E-state index in [-0.39, 0.29) is 0 Å². The van der Waals surface area contributed by atoms with Crippen molar-refractivity contribution < 1.29 is 8.98 Å². The molecule has 0 radical (unpaired) electrons. The first kappa shape index (κ1) is 39.7. The Hall–Kier alpha value is -9.15. The zero-order chi connectivity index (χ0) is 47.2. The molecule has 4 heterocycles. The van der Waals surface area contributed by atoms with Gasteiger partial charge in [-0.05, 0) is 152 Å². The largest absolute Gasteiger partial charge is 0.456 e. The summed E-state index contributed by atoms with van der Waals surface area (Å²) in [4.78, 5) is 7.06. The first-order chi connectivity index (χ1) is 35.6. The summed E-state index contributed by atoms with van der Waals surface area (Å²) in [7, 11) is -3.59. The fourth-order valence-electron chi connectivity index (χ4n) is 12.5. The quantitative estimate of drug-likeness (QED) is 0.127. The Morgan fingerprint density at radius 2 is 0.681 bits per heavy atom. The van der Waals surface area contributed by atoms with Crippen LogP contribution in [0, 0.1) is 0 Å². The van der Waals surface area contributed by atoms with E-state index < -0.39 is 7.14 Å². The molecular formula is C66H40N3O2P. The van der Waals surface area contributed by atoms with Gasteiger partial charge in [0.05, 0.1) is 50.0 Å². The van der Waals surface area contributed by atoms with Crippen molar-refractivity contribution in [3.8, 4) is 22.3 Å². The molecule has 16 rings (SSSR count). The molecule has 1 aromatic heterocycles. The number of rotatable bonds is 5. The van der Waals surface area contributed by atoms with E-state index in [0.717, 1.165) is 133 Å². The maximum Gasteiger partial charge on any atom is 0.183 e. The maximum atomic E-state index is 17.5. The van der Waals surface area contributed by atoms with Crippen LogP contribution >= 0.6 is 7.14 Å². The summed E-state index contributed by atoms with van der Waals surface area (Å²) in [5.41, 5.74) is 14.8. The molecule has 72 heavy (non-hydrogen) atoms. The molecule has 0 saturated heterocycles. The van der Waals surface area contributed by atoms with Gasteiger partial charge in [0.1, 0.15) is 11.2 Å². The Bertz CT molecular complexity index is 4330. The van der Waals surface area contributed by atoms with Crippen LogP contribution in [0.25, 0.3) is 76.5 Å². The molecule has 0 saturated carbocycles. The molecular weight excluding hydrogens is 898 g/mol. The van der Waals surface area contributed by atoms with Crippen molar-refractivity contribution in [3.63, 3.8) is 0 Å². The van der Waals surface area contributed by atoms with Crippen LogP contribution in [0.1, 0.15) is 0 Å². The molecule has 0 atom stereocenters. The summed E-state index contributed by atoms with van der Waals surface area (Å²) in [5.74, 6) is 0. The summed E-state index contributed by atoms with van der Waals surface area (Å²) in [5, 5.41) is 11.7. The molecule has 0 bridgehead atoms. The van der Waals surface area contributed by atoms with E-state index in [1.165, 1.54) is 10.9 Å². The molecule has 336 valence electrons. The average Bonchev–Trinajstić information content (AvgIpc) is 3.80. The van der Waals surface area contributed by atoms with E-state index in [9.17, 15) is 0 Å². The highest BCUT2D eigenvalue weighted by Crippen LogP contribution is 2.67. The van der Waals surface area contributed by atoms with Gasteiger partial charge in [0.25, 0.3) is 0 Å². The van der Waals surface area contributed by atoms with E-state index in [1.807, 2.05) is 0 Å². The summed E-state index contributed by atoms with van der Waals surface area (Å²) < 4.78 is 24.1. The third-order valence-electron chi connectivity index (χ3n) is 15.3. The lowest BCUT2D eigenvalue weighted by molar-refractivity contribution is 0.592. The number of nitrogens with zero attached hydrogens (tertiary/aromatic N) is 3. The predicted molar refractivity (Wildman–Crippen MR) is 301 cm³/mol. The second-order valence-corrected chi connectivity index (χ2v) is 21.7. The fourth-order valence-corrected chi connectivity index (χ4v) is 16.1. The molecule has 13 aromatic rings. The predicted octanol–water partition coefficient (Wildman–Crippen LogP) is 17.4. The van der Waals surface area contributed by atoms with Gasteiger partial charge < -0.3 is 23.7 Å². The Labute approximate surface area is 415 Å². The first-order valence-corrected chi connectivity index (χ1v) is 26.2. The van der Waals surface area contributed by atoms with Crippen LogP contribution in [-0.4, -0.2) is 0 Å². The van der Waals surface area contributed by atoms with E-state index in [1.54, 1.807) is 0 Å². The number of hydrogen-bond acceptors (Lipinski definition) is 5. The summed E-state index contributed by atoms with van der Waals surface area (Å²) in [6.07, 6.45) is 0. The van der Waals surface area contributed by atoms with Gasteiger partial charge in [0.15, 0.2) is 7.14 Å². The van der Waals surface area contributed by atoms with E-state index in [0.29, 0.717) is 0 Å². The van der Waals surface area contributed by atoms with Gasteiger partial charge >= 0.3 is 0 Å². The van der Waals surface area contributed by atoms with E-state index >= 15 is 4.57 Å². The molecule has 6 heteroatoms.